The topological polar surface area (TPSA) is 94.2 Å². The molecule has 132 valence electrons. The lowest BCUT2D eigenvalue weighted by Gasteiger charge is -2.19. The van der Waals surface area contributed by atoms with Crippen LogP contribution in [0.2, 0.25) is 0 Å². The molecule has 2 aliphatic rings. The fourth-order valence-electron chi connectivity index (χ4n) is 3.53. The highest BCUT2D eigenvalue weighted by atomic mass is 16.5. The van der Waals surface area contributed by atoms with Crippen LogP contribution in [0.15, 0.2) is 54.6 Å². The van der Waals surface area contributed by atoms with Gasteiger partial charge in [-0.2, -0.15) is 0 Å². The van der Waals surface area contributed by atoms with Gasteiger partial charge in [-0.05, 0) is 12.2 Å². The molecule has 7 heteroatoms. The standard InChI is InChI=1S/C20H15N5O2/c1-27-19-14(8-22-10-23-19)12-6-3-7-13-17(21)16-15(24-18(12)13)9-25(20(16)26)11-4-2-5-11/h2-8,10H,9H2,1H3,(H2,21,24). The first-order chi connectivity index (χ1) is 13.2. The van der Waals surface area contributed by atoms with E-state index >= 15 is 0 Å². The molecule has 1 aliphatic carbocycles. The third kappa shape index (κ3) is 2.15. The number of aromatic nitrogens is 3. The molecule has 1 aliphatic heterocycles. The zero-order valence-corrected chi connectivity index (χ0v) is 14.5. The predicted octanol–water partition coefficient (Wildman–Crippen LogP) is 2.69. The largest absolute Gasteiger partial charge is 0.480 e. The number of nitrogen functional groups attached to an aromatic ring is 1. The van der Waals surface area contributed by atoms with Crippen molar-refractivity contribution in [2.24, 2.45) is 0 Å². The van der Waals surface area contributed by atoms with Crippen molar-refractivity contribution >= 4 is 22.5 Å². The van der Waals surface area contributed by atoms with Crippen molar-refractivity contribution in [2.75, 3.05) is 12.8 Å². The second-order valence-electron chi connectivity index (χ2n) is 6.34. The third-order valence-corrected chi connectivity index (χ3v) is 4.90. The van der Waals surface area contributed by atoms with Gasteiger partial charge < -0.3 is 15.4 Å². The highest BCUT2D eigenvalue weighted by Crippen LogP contribution is 2.39. The summed E-state index contributed by atoms with van der Waals surface area (Å²) in [4.78, 5) is 27.6. The van der Waals surface area contributed by atoms with Crippen LogP contribution in [-0.2, 0) is 6.54 Å². The molecule has 0 unspecified atom stereocenters. The summed E-state index contributed by atoms with van der Waals surface area (Å²) in [6.45, 7) is 0.404. The van der Waals surface area contributed by atoms with Gasteiger partial charge in [-0.3, -0.25) is 4.79 Å². The zero-order chi connectivity index (χ0) is 18.5. The van der Waals surface area contributed by atoms with Crippen LogP contribution in [0.3, 0.4) is 0 Å². The summed E-state index contributed by atoms with van der Waals surface area (Å²) in [7, 11) is 1.56. The van der Waals surface area contributed by atoms with Crippen molar-refractivity contribution in [1.82, 2.24) is 19.9 Å². The maximum atomic E-state index is 12.8. The highest BCUT2D eigenvalue weighted by molar-refractivity contribution is 6.12. The van der Waals surface area contributed by atoms with E-state index in [2.05, 4.69) is 9.97 Å². The molecule has 1 aromatic carbocycles. The molecule has 2 aromatic heterocycles. The summed E-state index contributed by atoms with van der Waals surface area (Å²) in [6.07, 6.45) is 8.82. The number of amides is 1. The molecule has 0 saturated carbocycles. The Kier molecular flexibility index (Phi) is 3.24. The first-order valence-corrected chi connectivity index (χ1v) is 8.44. The van der Waals surface area contributed by atoms with Gasteiger partial charge in [0.1, 0.15) is 6.33 Å². The van der Waals surface area contributed by atoms with Crippen LogP contribution in [0.4, 0.5) is 5.69 Å². The van der Waals surface area contributed by atoms with Gasteiger partial charge in [0.05, 0.1) is 41.7 Å². The number of allylic oxidation sites excluding steroid dienone is 3. The normalized spacial score (nSPS) is 14.9. The first kappa shape index (κ1) is 15.5. The number of pyridine rings is 1. The molecule has 0 saturated heterocycles. The summed E-state index contributed by atoms with van der Waals surface area (Å²) in [6, 6.07) is 5.67. The number of anilines is 1. The second kappa shape index (κ2) is 5.63. The Morgan fingerprint density at radius 3 is 2.85 bits per heavy atom. The smallest absolute Gasteiger partial charge is 0.262 e. The number of carbonyl (C=O) groups excluding carboxylic acids is 1. The fourth-order valence-corrected chi connectivity index (χ4v) is 3.53. The van der Waals surface area contributed by atoms with Crippen LogP contribution in [0.25, 0.3) is 22.0 Å². The third-order valence-electron chi connectivity index (χ3n) is 4.90. The number of rotatable bonds is 3. The maximum Gasteiger partial charge on any atom is 0.262 e. The van der Waals surface area contributed by atoms with Gasteiger partial charge in [-0.1, -0.05) is 24.3 Å². The van der Waals surface area contributed by atoms with Gasteiger partial charge >= 0.3 is 0 Å². The van der Waals surface area contributed by atoms with Crippen LogP contribution in [0, 0.1) is 0 Å². The molecule has 3 aromatic rings. The van der Waals surface area contributed by atoms with Gasteiger partial charge in [-0.15, -0.1) is 0 Å². The Labute approximate surface area is 154 Å². The number of benzene rings is 1. The molecule has 0 fully saturated rings. The molecular formula is C20H15N5O2. The summed E-state index contributed by atoms with van der Waals surface area (Å²) in [5.41, 5.74) is 11.1. The molecule has 5 rings (SSSR count). The molecule has 2 N–H and O–H groups in total. The quantitative estimate of drug-likeness (QED) is 0.774. The van der Waals surface area contributed by atoms with Crippen molar-refractivity contribution in [3.63, 3.8) is 0 Å². The number of para-hydroxylation sites is 1. The highest BCUT2D eigenvalue weighted by Gasteiger charge is 2.34. The van der Waals surface area contributed by atoms with E-state index in [9.17, 15) is 4.79 Å². The minimum absolute atomic E-state index is 0.112. The van der Waals surface area contributed by atoms with Crippen LogP contribution in [0.1, 0.15) is 16.1 Å². The van der Waals surface area contributed by atoms with Gasteiger partial charge in [0.2, 0.25) is 5.88 Å². The Hall–Kier alpha value is -3.74. The molecule has 0 spiro atoms. The van der Waals surface area contributed by atoms with Gasteiger partial charge in [0, 0.05) is 22.8 Å². The average Bonchev–Trinajstić information content (AvgIpc) is 2.96. The Bertz CT molecular complexity index is 1180. The predicted molar refractivity (Wildman–Crippen MR) is 101 cm³/mol. The number of hydrogen-bond donors (Lipinski definition) is 1. The van der Waals surface area contributed by atoms with E-state index in [1.807, 2.05) is 36.4 Å². The van der Waals surface area contributed by atoms with Crippen LogP contribution in [0.5, 0.6) is 5.88 Å². The fraction of sp³-hybridized carbons (Fsp3) is 0.100. The van der Waals surface area contributed by atoms with Gasteiger partial charge in [0.25, 0.3) is 5.91 Å². The van der Waals surface area contributed by atoms with Gasteiger partial charge in [-0.25, -0.2) is 15.0 Å². The average molecular weight is 357 g/mol. The summed E-state index contributed by atoms with van der Waals surface area (Å²) in [5, 5.41) is 0.727. The Balaban J connectivity index is 1.74. The van der Waals surface area contributed by atoms with E-state index in [4.69, 9.17) is 15.5 Å². The number of hydrogen-bond acceptors (Lipinski definition) is 6. The molecular weight excluding hydrogens is 342 g/mol. The number of nitrogens with zero attached hydrogens (tertiary/aromatic N) is 4. The van der Waals surface area contributed by atoms with E-state index in [0.29, 0.717) is 34.9 Å². The van der Waals surface area contributed by atoms with Crippen molar-refractivity contribution in [3.8, 4) is 17.0 Å². The summed E-state index contributed by atoms with van der Waals surface area (Å²) >= 11 is 0. The monoisotopic (exact) mass is 357 g/mol. The minimum Gasteiger partial charge on any atom is -0.480 e. The zero-order valence-electron chi connectivity index (χ0n) is 14.5. The van der Waals surface area contributed by atoms with Crippen molar-refractivity contribution < 1.29 is 9.53 Å². The number of carbonyl (C=O) groups is 1. The molecule has 3 heterocycles. The first-order valence-electron chi connectivity index (χ1n) is 8.44. The number of ether oxygens (including phenoxy) is 1. The van der Waals surface area contributed by atoms with Crippen LogP contribution in [-0.4, -0.2) is 32.9 Å². The lowest BCUT2D eigenvalue weighted by atomic mass is 10.0. The number of methoxy groups -OCH3 is 1. The van der Waals surface area contributed by atoms with E-state index in [1.165, 1.54) is 6.33 Å². The van der Waals surface area contributed by atoms with E-state index in [0.717, 1.165) is 22.2 Å². The van der Waals surface area contributed by atoms with E-state index in [-0.39, 0.29) is 5.91 Å². The van der Waals surface area contributed by atoms with E-state index < -0.39 is 0 Å². The van der Waals surface area contributed by atoms with Crippen molar-refractivity contribution in [2.45, 2.75) is 6.54 Å². The second-order valence-corrected chi connectivity index (χ2v) is 6.34. The molecule has 1 amide bonds. The lowest BCUT2D eigenvalue weighted by molar-refractivity contribution is 0.0831. The molecule has 0 atom stereocenters. The lowest BCUT2D eigenvalue weighted by Crippen LogP contribution is -2.24. The molecule has 27 heavy (non-hydrogen) atoms. The van der Waals surface area contributed by atoms with Crippen molar-refractivity contribution in [3.05, 3.63) is 65.9 Å². The number of nitrogens with two attached hydrogens (primary N) is 1. The van der Waals surface area contributed by atoms with E-state index in [1.54, 1.807) is 18.2 Å². The molecule has 0 bridgehead atoms. The Morgan fingerprint density at radius 1 is 1.26 bits per heavy atom. The number of fused-ring (bicyclic) bond motifs is 2. The summed E-state index contributed by atoms with van der Waals surface area (Å²) in [5.74, 6) is 0.347. The van der Waals surface area contributed by atoms with Crippen LogP contribution < -0.4 is 10.5 Å². The van der Waals surface area contributed by atoms with Crippen LogP contribution >= 0.6 is 0 Å². The SMILES string of the molecule is COc1ncncc1-c1cccc2c(N)c3c(nc12)CN(C1=CC=C1)C3=O. The maximum absolute atomic E-state index is 12.8. The van der Waals surface area contributed by atoms with Crippen molar-refractivity contribution in [1.29, 1.82) is 0 Å². The Morgan fingerprint density at radius 2 is 2.11 bits per heavy atom. The molecule has 0 radical (unpaired) electrons. The minimum atomic E-state index is -0.112. The molecule has 7 nitrogen and oxygen atoms in total. The summed E-state index contributed by atoms with van der Waals surface area (Å²) < 4.78 is 5.37. The van der Waals surface area contributed by atoms with Gasteiger partial charge in [0.15, 0.2) is 0 Å².